The lowest BCUT2D eigenvalue weighted by molar-refractivity contribution is 0.102. The molecule has 0 aliphatic carbocycles. The maximum atomic E-state index is 11.8. The van der Waals surface area contributed by atoms with Crippen LogP contribution in [0.25, 0.3) is 0 Å². The molecule has 0 aliphatic rings. The standard InChI is InChI=1S/C11H10ClN5O/c12-7-2-1-3-8(6-7)14-11(18)9-4-5-10(15-13)17-16-9/h1-6H,13H2,(H,14,18)(H,15,17). The maximum absolute atomic E-state index is 11.8. The van der Waals surface area contributed by atoms with Crippen molar-refractivity contribution in [2.45, 2.75) is 0 Å². The molecule has 0 bridgehead atoms. The Labute approximate surface area is 108 Å². The number of aromatic nitrogens is 2. The van der Waals surface area contributed by atoms with Crippen LogP contribution in [0.5, 0.6) is 0 Å². The topological polar surface area (TPSA) is 92.9 Å². The summed E-state index contributed by atoms with van der Waals surface area (Å²) < 4.78 is 0. The van der Waals surface area contributed by atoms with Crippen LogP contribution in [-0.2, 0) is 0 Å². The van der Waals surface area contributed by atoms with Gasteiger partial charge in [0.25, 0.3) is 5.91 Å². The van der Waals surface area contributed by atoms with E-state index in [9.17, 15) is 4.79 Å². The van der Waals surface area contributed by atoms with E-state index in [0.29, 0.717) is 16.5 Å². The quantitative estimate of drug-likeness (QED) is 0.579. The van der Waals surface area contributed by atoms with Gasteiger partial charge in [-0.1, -0.05) is 17.7 Å². The van der Waals surface area contributed by atoms with Gasteiger partial charge in [-0.3, -0.25) is 4.79 Å². The van der Waals surface area contributed by atoms with Crippen molar-refractivity contribution < 1.29 is 4.79 Å². The fraction of sp³-hybridized carbons (Fsp3) is 0. The zero-order chi connectivity index (χ0) is 13.0. The minimum Gasteiger partial charge on any atom is -0.321 e. The van der Waals surface area contributed by atoms with Crippen molar-refractivity contribution >= 4 is 29.0 Å². The number of halogens is 1. The third-order valence-corrected chi connectivity index (χ3v) is 2.36. The highest BCUT2D eigenvalue weighted by atomic mass is 35.5. The first-order valence-electron chi connectivity index (χ1n) is 5.06. The van der Waals surface area contributed by atoms with Crippen LogP contribution in [0, 0.1) is 0 Å². The second-order valence-corrected chi connectivity index (χ2v) is 3.85. The zero-order valence-electron chi connectivity index (χ0n) is 9.22. The van der Waals surface area contributed by atoms with Gasteiger partial charge in [-0.15, -0.1) is 10.2 Å². The van der Waals surface area contributed by atoms with Gasteiger partial charge in [-0.2, -0.15) is 0 Å². The summed E-state index contributed by atoms with van der Waals surface area (Å²) >= 11 is 5.81. The Balaban J connectivity index is 2.11. The molecule has 0 unspecified atom stereocenters. The third-order valence-electron chi connectivity index (χ3n) is 2.13. The highest BCUT2D eigenvalue weighted by Crippen LogP contribution is 2.15. The van der Waals surface area contributed by atoms with Crippen molar-refractivity contribution in [2.75, 3.05) is 10.7 Å². The molecule has 92 valence electrons. The van der Waals surface area contributed by atoms with Crippen LogP contribution in [0.15, 0.2) is 36.4 Å². The van der Waals surface area contributed by atoms with Gasteiger partial charge in [0.05, 0.1) is 0 Å². The molecule has 0 saturated carbocycles. The van der Waals surface area contributed by atoms with Crippen molar-refractivity contribution in [3.05, 3.63) is 47.1 Å². The van der Waals surface area contributed by atoms with Crippen LogP contribution in [0.4, 0.5) is 11.5 Å². The van der Waals surface area contributed by atoms with Crippen LogP contribution in [0.1, 0.15) is 10.5 Å². The Morgan fingerprint density at radius 3 is 2.67 bits per heavy atom. The summed E-state index contributed by atoms with van der Waals surface area (Å²) in [5.41, 5.74) is 3.11. The number of benzene rings is 1. The van der Waals surface area contributed by atoms with Gasteiger partial charge in [0, 0.05) is 10.7 Å². The lowest BCUT2D eigenvalue weighted by atomic mass is 10.3. The minimum absolute atomic E-state index is 0.189. The fourth-order valence-electron chi connectivity index (χ4n) is 1.29. The van der Waals surface area contributed by atoms with E-state index in [-0.39, 0.29) is 11.6 Å². The van der Waals surface area contributed by atoms with Crippen LogP contribution >= 0.6 is 11.6 Å². The highest BCUT2D eigenvalue weighted by Gasteiger charge is 2.08. The van der Waals surface area contributed by atoms with Gasteiger partial charge in [-0.25, -0.2) is 5.84 Å². The number of nitrogens with two attached hydrogens (primary N) is 1. The first-order valence-corrected chi connectivity index (χ1v) is 5.44. The number of carbonyl (C=O) groups is 1. The number of nitrogens with one attached hydrogen (secondary N) is 2. The smallest absolute Gasteiger partial charge is 0.276 e. The second-order valence-electron chi connectivity index (χ2n) is 3.41. The van der Waals surface area contributed by atoms with E-state index in [2.05, 4.69) is 20.9 Å². The molecule has 1 aromatic carbocycles. The molecule has 6 nitrogen and oxygen atoms in total. The van der Waals surface area contributed by atoms with Gasteiger partial charge >= 0.3 is 0 Å². The molecule has 4 N–H and O–H groups in total. The van der Waals surface area contributed by atoms with E-state index in [1.807, 2.05) is 0 Å². The average Bonchev–Trinajstić information content (AvgIpc) is 2.39. The zero-order valence-corrected chi connectivity index (χ0v) is 9.98. The van der Waals surface area contributed by atoms with E-state index < -0.39 is 0 Å². The number of amides is 1. The molecular weight excluding hydrogens is 254 g/mol. The van der Waals surface area contributed by atoms with Crippen LogP contribution in [0.3, 0.4) is 0 Å². The van der Waals surface area contributed by atoms with Crippen molar-refractivity contribution in [1.82, 2.24) is 10.2 Å². The molecule has 2 aromatic rings. The predicted octanol–water partition coefficient (Wildman–Crippen LogP) is 1.67. The number of rotatable bonds is 3. The van der Waals surface area contributed by atoms with Crippen molar-refractivity contribution in [3.63, 3.8) is 0 Å². The van der Waals surface area contributed by atoms with Crippen LogP contribution in [-0.4, -0.2) is 16.1 Å². The van der Waals surface area contributed by atoms with Crippen molar-refractivity contribution in [1.29, 1.82) is 0 Å². The first kappa shape index (κ1) is 12.3. The summed E-state index contributed by atoms with van der Waals surface area (Å²) in [6.45, 7) is 0. The Hall–Kier alpha value is -2.18. The molecule has 2 rings (SSSR count). The third kappa shape index (κ3) is 2.93. The summed E-state index contributed by atoms with van der Waals surface area (Å²) in [4.78, 5) is 11.8. The van der Waals surface area contributed by atoms with E-state index in [4.69, 9.17) is 17.4 Å². The summed E-state index contributed by atoms with van der Waals surface area (Å²) in [6.07, 6.45) is 0. The van der Waals surface area contributed by atoms with Crippen molar-refractivity contribution in [2.24, 2.45) is 5.84 Å². The lowest BCUT2D eigenvalue weighted by Crippen LogP contribution is -2.16. The second kappa shape index (κ2) is 5.44. The molecule has 0 spiro atoms. The molecular formula is C11H10ClN5O. The number of hydrogen-bond acceptors (Lipinski definition) is 5. The summed E-state index contributed by atoms with van der Waals surface area (Å²) in [5, 5.41) is 10.6. The highest BCUT2D eigenvalue weighted by molar-refractivity contribution is 6.30. The molecule has 18 heavy (non-hydrogen) atoms. The predicted molar refractivity (Wildman–Crippen MR) is 69.2 cm³/mol. The monoisotopic (exact) mass is 263 g/mol. The number of hydrogen-bond donors (Lipinski definition) is 3. The maximum Gasteiger partial charge on any atom is 0.276 e. The Kier molecular flexibility index (Phi) is 3.71. The molecule has 1 amide bonds. The number of nitrogens with zero attached hydrogens (tertiary/aromatic N) is 2. The van der Waals surface area contributed by atoms with Gasteiger partial charge in [-0.05, 0) is 30.3 Å². The molecule has 1 heterocycles. The molecule has 0 fully saturated rings. The average molecular weight is 264 g/mol. The minimum atomic E-state index is -0.367. The van der Waals surface area contributed by atoms with E-state index in [1.54, 1.807) is 30.3 Å². The number of hydrazine groups is 1. The summed E-state index contributed by atoms with van der Waals surface area (Å²) in [5.74, 6) is 5.16. The Morgan fingerprint density at radius 1 is 1.22 bits per heavy atom. The molecule has 7 heteroatoms. The van der Waals surface area contributed by atoms with E-state index in [1.165, 1.54) is 6.07 Å². The van der Waals surface area contributed by atoms with E-state index in [0.717, 1.165) is 0 Å². The molecule has 0 radical (unpaired) electrons. The normalized spacial score (nSPS) is 9.89. The van der Waals surface area contributed by atoms with Gasteiger partial charge < -0.3 is 10.7 Å². The van der Waals surface area contributed by atoms with Crippen LogP contribution in [0.2, 0.25) is 5.02 Å². The largest absolute Gasteiger partial charge is 0.321 e. The van der Waals surface area contributed by atoms with E-state index >= 15 is 0 Å². The van der Waals surface area contributed by atoms with Gasteiger partial charge in [0.15, 0.2) is 11.5 Å². The molecule has 0 aliphatic heterocycles. The first-order chi connectivity index (χ1) is 8.69. The number of anilines is 2. The molecule has 0 atom stereocenters. The SMILES string of the molecule is NNc1ccc(C(=O)Nc2cccc(Cl)c2)nn1. The van der Waals surface area contributed by atoms with Gasteiger partial charge in [0.1, 0.15) is 0 Å². The molecule has 0 saturated heterocycles. The van der Waals surface area contributed by atoms with Crippen molar-refractivity contribution in [3.8, 4) is 0 Å². The summed E-state index contributed by atoms with van der Waals surface area (Å²) in [7, 11) is 0. The molecule has 1 aromatic heterocycles. The van der Waals surface area contributed by atoms with Gasteiger partial charge in [0.2, 0.25) is 0 Å². The fourth-order valence-corrected chi connectivity index (χ4v) is 1.48. The Bertz CT molecular complexity index is 558. The number of nitrogen functional groups attached to an aromatic ring is 1. The lowest BCUT2D eigenvalue weighted by Gasteiger charge is -2.04. The number of carbonyl (C=O) groups excluding carboxylic acids is 1. The summed E-state index contributed by atoms with van der Waals surface area (Å²) in [6, 6.07) is 9.90. The van der Waals surface area contributed by atoms with Crippen LogP contribution < -0.4 is 16.6 Å². The Morgan fingerprint density at radius 2 is 2.06 bits per heavy atom.